The van der Waals surface area contributed by atoms with Crippen molar-refractivity contribution in [3.63, 3.8) is 0 Å². The number of hydrogen-bond donors (Lipinski definition) is 1. The van der Waals surface area contributed by atoms with E-state index in [1.54, 1.807) is 22.9 Å². The zero-order chi connectivity index (χ0) is 19.6. The summed E-state index contributed by atoms with van der Waals surface area (Å²) in [6.45, 7) is 3.08. The fourth-order valence-electron chi connectivity index (χ4n) is 3.24. The van der Waals surface area contributed by atoms with Gasteiger partial charge in [0.25, 0.3) is 0 Å². The van der Waals surface area contributed by atoms with E-state index in [0.29, 0.717) is 29.9 Å². The number of tetrazole rings is 1. The van der Waals surface area contributed by atoms with Gasteiger partial charge in [0.2, 0.25) is 5.91 Å². The van der Waals surface area contributed by atoms with Gasteiger partial charge >= 0.3 is 6.18 Å². The number of hydrogen-bond acceptors (Lipinski definition) is 5. The first-order valence-corrected chi connectivity index (χ1v) is 8.74. The van der Waals surface area contributed by atoms with Crippen LogP contribution >= 0.6 is 0 Å². The summed E-state index contributed by atoms with van der Waals surface area (Å²) in [6.07, 6.45) is -3.35. The van der Waals surface area contributed by atoms with Crippen molar-refractivity contribution in [2.45, 2.75) is 44.9 Å². The molecule has 2 heterocycles. The van der Waals surface area contributed by atoms with Crippen LogP contribution in [0.4, 0.5) is 18.9 Å². The van der Waals surface area contributed by atoms with E-state index in [2.05, 4.69) is 20.8 Å². The molecule has 1 aromatic carbocycles. The number of anilines is 1. The Morgan fingerprint density at radius 3 is 2.85 bits per heavy atom. The molecule has 146 valence electrons. The zero-order valence-electron chi connectivity index (χ0n) is 15.1. The van der Waals surface area contributed by atoms with E-state index in [-0.39, 0.29) is 12.6 Å². The minimum Gasteiger partial charge on any atom is -0.325 e. The Hall–Kier alpha value is -2.49. The van der Waals surface area contributed by atoms with Crippen LogP contribution in [0.5, 0.6) is 0 Å². The van der Waals surface area contributed by atoms with E-state index in [1.807, 2.05) is 19.9 Å². The molecule has 7 nitrogen and oxygen atoms in total. The zero-order valence-corrected chi connectivity index (χ0v) is 15.1. The first-order valence-electron chi connectivity index (χ1n) is 8.74. The number of nitrogens with zero attached hydrogens (tertiary/aromatic N) is 5. The monoisotopic (exact) mass is 382 g/mol. The summed E-state index contributed by atoms with van der Waals surface area (Å²) in [4.78, 5) is 13.7. The highest BCUT2D eigenvalue weighted by atomic mass is 19.4. The second-order valence-electron chi connectivity index (χ2n) is 6.85. The molecule has 0 spiro atoms. The van der Waals surface area contributed by atoms with Gasteiger partial charge in [-0.05, 0) is 55.8 Å². The first kappa shape index (κ1) is 19.3. The van der Waals surface area contributed by atoms with Gasteiger partial charge in [-0.3, -0.25) is 9.69 Å². The lowest BCUT2D eigenvalue weighted by Crippen LogP contribution is -2.44. The lowest BCUT2D eigenvalue weighted by Gasteiger charge is -2.24. The number of rotatable bonds is 5. The molecule has 27 heavy (non-hydrogen) atoms. The SMILES string of the molecule is CC(C)n1nnnc1-c1cccc(NC(=O)C2CCCN2CC(F)(F)F)c1. The average molecular weight is 382 g/mol. The maximum atomic E-state index is 12.7. The highest BCUT2D eigenvalue weighted by Gasteiger charge is 2.38. The molecule has 0 aliphatic carbocycles. The molecule has 0 saturated carbocycles. The van der Waals surface area contributed by atoms with Crippen molar-refractivity contribution in [1.82, 2.24) is 25.1 Å². The van der Waals surface area contributed by atoms with Crippen molar-refractivity contribution in [2.75, 3.05) is 18.4 Å². The molecule has 1 amide bonds. The molecule has 10 heteroatoms. The molecule has 0 radical (unpaired) electrons. The lowest BCUT2D eigenvalue weighted by atomic mass is 10.1. The van der Waals surface area contributed by atoms with Crippen LogP contribution in [0.3, 0.4) is 0 Å². The summed E-state index contributed by atoms with van der Waals surface area (Å²) in [5, 5.41) is 14.4. The van der Waals surface area contributed by atoms with E-state index in [0.717, 1.165) is 0 Å². The number of benzene rings is 1. The molecule has 0 bridgehead atoms. The molecular weight excluding hydrogens is 361 g/mol. The van der Waals surface area contributed by atoms with Crippen molar-refractivity contribution in [3.8, 4) is 11.4 Å². The van der Waals surface area contributed by atoms with Gasteiger partial charge in [-0.2, -0.15) is 13.2 Å². The van der Waals surface area contributed by atoms with Crippen molar-refractivity contribution in [2.24, 2.45) is 0 Å². The summed E-state index contributed by atoms with van der Waals surface area (Å²) in [5.74, 6) is 0.123. The van der Waals surface area contributed by atoms with Crippen LogP contribution in [0.25, 0.3) is 11.4 Å². The number of amides is 1. The smallest absolute Gasteiger partial charge is 0.325 e. The molecule has 3 rings (SSSR count). The van der Waals surface area contributed by atoms with Gasteiger partial charge in [-0.1, -0.05) is 12.1 Å². The third-order valence-electron chi connectivity index (χ3n) is 4.42. The van der Waals surface area contributed by atoms with E-state index >= 15 is 0 Å². The predicted molar refractivity (Wildman–Crippen MR) is 92.9 cm³/mol. The molecule has 1 aliphatic heterocycles. The van der Waals surface area contributed by atoms with Gasteiger partial charge in [0.1, 0.15) is 0 Å². The van der Waals surface area contributed by atoms with Crippen molar-refractivity contribution in [1.29, 1.82) is 0 Å². The van der Waals surface area contributed by atoms with E-state index in [4.69, 9.17) is 0 Å². The predicted octanol–water partition coefficient (Wildman–Crippen LogP) is 2.89. The molecule has 1 unspecified atom stereocenters. The van der Waals surface area contributed by atoms with Gasteiger partial charge in [-0.25, -0.2) is 4.68 Å². The van der Waals surface area contributed by atoms with Gasteiger partial charge < -0.3 is 5.32 Å². The van der Waals surface area contributed by atoms with E-state index < -0.39 is 24.7 Å². The summed E-state index contributed by atoms with van der Waals surface area (Å²) in [7, 11) is 0. The van der Waals surface area contributed by atoms with Crippen LogP contribution in [0.1, 0.15) is 32.7 Å². The Bertz CT molecular complexity index is 804. The van der Waals surface area contributed by atoms with Crippen LogP contribution in [0, 0.1) is 0 Å². The molecule has 1 saturated heterocycles. The first-order chi connectivity index (χ1) is 12.7. The van der Waals surface area contributed by atoms with Gasteiger partial charge in [0.15, 0.2) is 5.82 Å². The number of nitrogens with one attached hydrogen (secondary N) is 1. The number of likely N-dealkylation sites (tertiary alicyclic amines) is 1. The fraction of sp³-hybridized carbons (Fsp3) is 0.529. The molecule has 1 N–H and O–H groups in total. The van der Waals surface area contributed by atoms with Gasteiger partial charge in [-0.15, -0.1) is 5.10 Å². The van der Waals surface area contributed by atoms with E-state index in [1.165, 1.54) is 4.90 Å². The second-order valence-corrected chi connectivity index (χ2v) is 6.85. The Morgan fingerprint density at radius 1 is 1.37 bits per heavy atom. The Labute approximate surface area is 154 Å². The number of carbonyl (C=O) groups is 1. The molecule has 1 fully saturated rings. The average Bonchev–Trinajstić information content (AvgIpc) is 3.22. The topological polar surface area (TPSA) is 75.9 Å². The molecule has 1 atom stereocenters. The quantitative estimate of drug-likeness (QED) is 0.861. The summed E-state index contributed by atoms with van der Waals surface area (Å²) >= 11 is 0. The normalized spacial score (nSPS) is 18.2. The largest absolute Gasteiger partial charge is 0.401 e. The van der Waals surface area contributed by atoms with Gasteiger partial charge in [0.05, 0.1) is 18.6 Å². The highest BCUT2D eigenvalue weighted by Crippen LogP contribution is 2.26. The summed E-state index contributed by atoms with van der Waals surface area (Å²) < 4.78 is 39.7. The van der Waals surface area contributed by atoms with E-state index in [9.17, 15) is 18.0 Å². The van der Waals surface area contributed by atoms with Crippen LogP contribution in [0.2, 0.25) is 0 Å². The van der Waals surface area contributed by atoms with Crippen molar-refractivity contribution in [3.05, 3.63) is 24.3 Å². The maximum absolute atomic E-state index is 12.7. The Kier molecular flexibility index (Phi) is 5.45. The van der Waals surface area contributed by atoms with Crippen molar-refractivity contribution >= 4 is 11.6 Å². The fourth-order valence-corrected chi connectivity index (χ4v) is 3.24. The van der Waals surface area contributed by atoms with Gasteiger partial charge in [0, 0.05) is 11.3 Å². The van der Waals surface area contributed by atoms with Crippen LogP contribution < -0.4 is 5.32 Å². The minimum absolute atomic E-state index is 0.0580. The maximum Gasteiger partial charge on any atom is 0.401 e. The molecule has 1 aromatic heterocycles. The van der Waals surface area contributed by atoms with Crippen LogP contribution in [-0.2, 0) is 4.79 Å². The number of halogens is 3. The molecular formula is C17H21F3N6O. The Balaban J connectivity index is 1.74. The number of carbonyl (C=O) groups excluding carboxylic acids is 1. The minimum atomic E-state index is -4.32. The summed E-state index contributed by atoms with van der Waals surface area (Å²) in [5.41, 5.74) is 1.21. The summed E-state index contributed by atoms with van der Waals surface area (Å²) in [6, 6.07) is 6.23. The third-order valence-corrected chi connectivity index (χ3v) is 4.42. The third kappa shape index (κ3) is 4.62. The number of alkyl halides is 3. The van der Waals surface area contributed by atoms with Crippen molar-refractivity contribution < 1.29 is 18.0 Å². The highest BCUT2D eigenvalue weighted by molar-refractivity contribution is 5.95. The second kappa shape index (κ2) is 7.63. The standard InChI is InChI=1S/C17H21F3N6O/c1-11(2)26-15(22-23-24-26)12-5-3-6-13(9-12)21-16(27)14-7-4-8-25(14)10-17(18,19)20/h3,5-6,9,11,14H,4,7-8,10H2,1-2H3,(H,21,27). The molecule has 1 aliphatic rings. The molecule has 2 aromatic rings. The Morgan fingerprint density at radius 2 is 2.15 bits per heavy atom. The van der Waals surface area contributed by atoms with Crippen LogP contribution in [-0.4, -0.2) is 56.3 Å². The lowest BCUT2D eigenvalue weighted by molar-refractivity contribution is -0.150. The number of aromatic nitrogens is 4. The van der Waals surface area contributed by atoms with Crippen LogP contribution in [0.15, 0.2) is 24.3 Å².